The molecule has 0 saturated carbocycles. The van der Waals surface area contributed by atoms with Gasteiger partial charge in [0, 0.05) is 7.11 Å². The van der Waals surface area contributed by atoms with Gasteiger partial charge in [0.05, 0.1) is 20.8 Å². The highest BCUT2D eigenvalue weighted by atomic mass is 16.7. The van der Waals surface area contributed by atoms with E-state index in [9.17, 15) is 0 Å². The average molecular weight is 147 g/mol. The van der Waals surface area contributed by atoms with E-state index < -0.39 is 0 Å². The monoisotopic (exact) mass is 147 g/mol. The lowest BCUT2D eigenvalue weighted by molar-refractivity contribution is 0.0835. The molecule has 0 fully saturated rings. The van der Waals surface area contributed by atoms with Crippen LogP contribution in [0.15, 0.2) is 11.6 Å². The number of nitrogens with two attached hydrogens (primary N) is 1. The Labute approximate surface area is 60.6 Å². The summed E-state index contributed by atoms with van der Waals surface area (Å²) in [4.78, 5) is 0. The highest BCUT2D eigenvalue weighted by molar-refractivity contribution is 4.97. The second-order valence-corrected chi connectivity index (χ2v) is 1.65. The van der Waals surface area contributed by atoms with Crippen molar-refractivity contribution in [2.24, 2.45) is 5.73 Å². The van der Waals surface area contributed by atoms with Gasteiger partial charge in [-0.15, -0.1) is 0 Å². The van der Waals surface area contributed by atoms with E-state index in [4.69, 9.17) is 19.9 Å². The summed E-state index contributed by atoms with van der Waals surface area (Å²) < 4.78 is 14.3. The SMILES string of the molecule is COCC(N)=C(OC)OC. The Morgan fingerprint density at radius 2 is 1.70 bits per heavy atom. The van der Waals surface area contributed by atoms with E-state index in [-0.39, 0.29) is 0 Å². The van der Waals surface area contributed by atoms with Gasteiger partial charge in [0.15, 0.2) is 0 Å². The molecule has 0 unspecified atom stereocenters. The first kappa shape index (κ1) is 9.10. The average Bonchev–Trinajstić information content (AvgIpc) is 1.91. The van der Waals surface area contributed by atoms with E-state index in [1.807, 2.05) is 0 Å². The van der Waals surface area contributed by atoms with Gasteiger partial charge in [-0.2, -0.15) is 0 Å². The summed E-state index contributed by atoms with van der Waals surface area (Å²) in [7, 11) is 4.53. The van der Waals surface area contributed by atoms with Crippen molar-refractivity contribution in [1.82, 2.24) is 0 Å². The van der Waals surface area contributed by atoms with Crippen LogP contribution in [0.3, 0.4) is 0 Å². The van der Waals surface area contributed by atoms with E-state index in [0.717, 1.165) is 0 Å². The molecule has 0 aliphatic heterocycles. The summed E-state index contributed by atoms with van der Waals surface area (Å²) in [5.74, 6) is 0.307. The number of methoxy groups -OCH3 is 3. The van der Waals surface area contributed by atoms with Crippen LogP contribution in [-0.4, -0.2) is 27.9 Å². The maximum absolute atomic E-state index is 5.45. The summed E-state index contributed by atoms with van der Waals surface area (Å²) in [6.07, 6.45) is 0. The normalized spacial score (nSPS) is 8.70. The molecular weight excluding hydrogens is 134 g/mol. The van der Waals surface area contributed by atoms with Crippen molar-refractivity contribution in [2.45, 2.75) is 0 Å². The molecule has 0 aromatic heterocycles. The molecule has 4 heteroatoms. The number of rotatable bonds is 4. The van der Waals surface area contributed by atoms with Gasteiger partial charge in [0.25, 0.3) is 0 Å². The highest BCUT2D eigenvalue weighted by Crippen LogP contribution is 1.99. The largest absolute Gasteiger partial charge is 0.467 e. The zero-order valence-corrected chi connectivity index (χ0v) is 6.51. The van der Waals surface area contributed by atoms with Crippen molar-refractivity contribution in [2.75, 3.05) is 27.9 Å². The van der Waals surface area contributed by atoms with Gasteiger partial charge < -0.3 is 19.9 Å². The third-order valence-electron chi connectivity index (χ3n) is 0.933. The van der Waals surface area contributed by atoms with Crippen LogP contribution in [0.1, 0.15) is 0 Å². The summed E-state index contributed by atoms with van der Waals surface area (Å²) in [5.41, 5.74) is 5.91. The molecule has 0 aliphatic rings. The second-order valence-electron chi connectivity index (χ2n) is 1.65. The Kier molecular flexibility index (Phi) is 4.49. The maximum atomic E-state index is 5.45. The molecule has 0 atom stereocenters. The third-order valence-corrected chi connectivity index (χ3v) is 0.933. The minimum atomic E-state index is 0.307. The van der Waals surface area contributed by atoms with Crippen molar-refractivity contribution in [3.63, 3.8) is 0 Å². The van der Waals surface area contributed by atoms with Crippen LogP contribution in [0, 0.1) is 0 Å². The molecule has 0 aromatic carbocycles. The van der Waals surface area contributed by atoms with Crippen LogP contribution in [0.4, 0.5) is 0 Å². The topological polar surface area (TPSA) is 53.7 Å². The predicted octanol–water partition coefficient (Wildman–Crippen LogP) is 0.0534. The van der Waals surface area contributed by atoms with Crippen LogP contribution in [0.2, 0.25) is 0 Å². The molecule has 10 heavy (non-hydrogen) atoms. The summed E-state index contributed by atoms with van der Waals surface area (Å²) in [5, 5.41) is 0. The Hall–Kier alpha value is -0.900. The molecule has 0 bridgehead atoms. The predicted molar refractivity (Wildman–Crippen MR) is 37.1 cm³/mol. The lowest BCUT2D eigenvalue weighted by Gasteiger charge is -2.06. The second kappa shape index (κ2) is 4.93. The zero-order valence-electron chi connectivity index (χ0n) is 6.51. The first-order valence-corrected chi connectivity index (χ1v) is 2.81. The van der Waals surface area contributed by atoms with Crippen LogP contribution < -0.4 is 5.73 Å². The van der Waals surface area contributed by atoms with E-state index in [1.165, 1.54) is 14.2 Å². The Morgan fingerprint density at radius 1 is 1.20 bits per heavy atom. The molecular formula is C6H13NO3. The molecule has 0 spiro atoms. The van der Waals surface area contributed by atoms with Crippen LogP contribution in [-0.2, 0) is 14.2 Å². The van der Waals surface area contributed by atoms with Crippen molar-refractivity contribution in [1.29, 1.82) is 0 Å². The van der Waals surface area contributed by atoms with E-state index >= 15 is 0 Å². The molecule has 4 nitrogen and oxygen atoms in total. The van der Waals surface area contributed by atoms with Crippen LogP contribution in [0.5, 0.6) is 0 Å². The lowest BCUT2D eigenvalue weighted by atomic mass is 10.5. The standard InChI is InChI=1S/C6H13NO3/c1-8-4-5(7)6(9-2)10-3/h4,7H2,1-3H3. The first-order valence-electron chi connectivity index (χ1n) is 2.81. The summed E-state index contributed by atoms with van der Waals surface area (Å²) >= 11 is 0. The van der Waals surface area contributed by atoms with Gasteiger partial charge in [-0.05, 0) is 0 Å². The fraction of sp³-hybridized carbons (Fsp3) is 0.667. The van der Waals surface area contributed by atoms with E-state index in [2.05, 4.69) is 0 Å². The first-order chi connectivity index (χ1) is 4.76. The van der Waals surface area contributed by atoms with Gasteiger partial charge in [-0.1, -0.05) is 0 Å². The summed E-state index contributed by atoms with van der Waals surface area (Å²) in [6.45, 7) is 0.316. The molecule has 60 valence electrons. The van der Waals surface area contributed by atoms with Gasteiger partial charge >= 0.3 is 5.95 Å². The molecule has 0 radical (unpaired) electrons. The fourth-order valence-electron chi connectivity index (χ4n) is 0.560. The summed E-state index contributed by atoms with van der Waals surface area (Å²) in [6, 6.07) is 0. The van der Waals surface area contributed by atoms with Crippen molar-refractivity contribution < 1.29 is 14.2 Å². The smallest absolute Gasteiger partial charge is 0.300 e. The quantitative estimate of drug-likeness (QED) is 0.571. The molecule has 0 saturated heterocycles. The molecule has 0 rings (SSSR count). The molecule has 0 aromatic rings. The molecule has 2 N–H and O–H groups in total. The van der Waals surface area contributed by atoms with Crippen molar-refractivity contribution >= 4 is 0 Å². The van der Waals surface area contributed by atoms with Gasteiger partial charge in [0.1, 0.15) is 5.70 Å². The van der Waals surface area contributed by atoms with Crippen LogP contribution >= 0.6 is 0 Å². The van der Waals surface area contributed by atoms with Crippen LogP contribution in [0.25, 0.3) is 0 Å². The van der Waals surface area contributed by atoms with Crippen molar-refractivity contribution in [3.8, 4) is 0 Å². The fourth-order valence-corrected chi connectivity index (χ4v) is 0.560. The molecule has 0 amide bonds. The van der Waals surface area contributed by atoms with Gasteiger partial charge in [-0.3, -0.25) is 0 Å². The molecule has 0 aliphatic carbocycles. The van der Waals surface area contributed by atoms with Crippen molar-refractivity contribution in [3.05, 3.63) is 11.6 Å². The number of hydrogen-bond acceptors (Lipinski definition) is 4. The van der Waals surface area contributed by atoms with E-state index in [1.54, 1.807) is 7.11 Å². The number of ether oxygens (including phenoxy) is 3. The zero-order chi connectivity index (χ0) is 7.98. The number of hydrogen-bond donors (Lipinski definition) is 1. The van der Waals surface area contributed by atoms with Gasteiger partial charge in [0.2, 0.25) is 0 Å². The minimum Gasteiger partial charge on any atom is -0.467 e. The maximum Gasteiger partial charge on any atom is 0.300 e. The van der Waals surface area contributed by atoms with E-state index in [0.29, 0.717) is 18.2 Å². The highest BCUT2D eigenvalue weighted by Gasteiger charge is 2.01. The Morgan fingerprint density at radius 3 is 2.00 bits per heavy atom. The lowest BCUT2D eigenvalue weighted by Crippen LogP contribution is -2.10. The third kappa shape index (κ3) is 2.59. The minimum absolute atomic E-state index is 0.307. The Bertz CT molecular complexity index is 116. The van der Waals surface area contributed by atoms with Gasteiger partial charge in [-0.25, -0.2) is 0 Å². The molecule has 0 heterocycles. The Balaban J connectivity index is 3.98.